The molecular weight excluding hydrogens is 462 g/mol. The molecule has 3 N–H and O–H groups in total. The zero-order valence-electron chi connectivity index (χ0n) is 21.0. The second kappa shape index (κ2) is 9.11. The molecule has 0 bridgehead atoms. The zero-order valence-corrected chi connectivity index (χ0v) is 21.0. The molecule has 3 aliphatic rings. The van der Waals surface area contributed by atoms with Gasteiger partial charge in [-0.2, -0.15) is 5.10 Å². The van der Waals surface area contributed by atoms with Gasteiger partial charge < -0.3 is 15.8 Å². The molecule has 0 unspecified atom stereocenters. The predicted octanol–water partition coefficient (Wildman–Crippen LogP) is 4.65. The van der Waals surface area contributed by atoms with Crippen molar-refractivity contribution in [2.75, 3.05) is 31.9 Å². The highest BCUT2D eigenvalue weighted by Gasteiger charge is 2.47. The fraction of sp³-hybridized carbons (Fsp3) is 0.414. The van der Waals surface area contributed by atoms with E-state index in [0.29, 0.717) is 17.3 Å². The molecule has 4 heterocycles. The van der Waals surface area contributed by atoms with E-state index in [2.05, 4.69) is 24.9 Å². The molecule has 1 saturated carbocycles. The maximum atomic E-state index is 6.38. The highest BCUT2D eigenvalue weighted by Crippen LogP contribution is 2.48. The Balaban J connectivity index is 1.11. The topological polar surface area (TPSA) is 94.1 Å². The molecule has 0 radical (unpaired) electrons. The van der Waals surface area contributed by atoms with E-state index in [4.69, 9.17) is 15.6 Å². The number of nitrogens with one attached hydrogen (secondary N) is 1. The van der Waals surface area contributed by atoms with Gasteiger partial charge in [0.15, 0.2) is 5.65 Å². The average molecular weight is 496 g/mol. The number of nitrogen functional groups attached to an aromatic ring is 1. The van der Waals surface area contributed by atoms with Gasteiger partial charge in [-0.25, -0.2) is 14.6 Å². The second-order valence-electron chi connectivity index (χ2n) is 11.0. The van der Waals surface area contributed by atoms with Crippen molar-refractivity contribution in [1.29, 1.82) is 0 Å². The van der Waals surface area contributed by atoms with Crippen molar-refractivity contribution >= 4 is 16.9 Å². The minimum Gasteiger partial charge on any atom is -0.457 e. The van der Waals surface area contributed by atoms with Crippen molar-refractivity contribution < 1.29 is 4.74 Å². The molecular formula is C29H33N7O. The lowest BCUT2D eigenvalue weighted by atomic mass is 9.67. The van der Waals surface area contributed by atoms with E-state index < -0.39 is 0 Å². The number of aromatic nitrogens is 4. The van der Waals surface area contributed by atoms with Crippen molar-refractivity contribution in [1.82, 2.24) is 30.0 Å². The summed E-state index contributed by atoms with van der Waals surface area (Å²) in [7, 11) is 0. The van der Waals surface area contributed by atoms with Crippen LogP contribution in [0.3, 0.4) is 0 Å². The van der Waals surface area contributed by atoms with Crippen LogP contribution in [0.1, 0.15) is 38.1 Å². The van der Waals surface area contributed by atoms with E-state index in [0.717, 1.165) is 59.2 Å². The summed E-state index contributed by atoms with van der Waals surface area (Å²) in [6, 6.07) is 18.9. The van der Waals surface area contributed by atoms with Crippen LogP contribution in [0.25, 0.3) is 22.3 Å². The van der Waals surface area contributed by atoms with Crippen molar-refractivity contribution in [3.8, 4) is 22.8 Å². The molecule has 4 aromatic rings. The zero-order chi connectivity index (χ0) is 24.8. The number of nitrogens with two attached hydrogens (primary N) is 1. The normalized spacial score (nSPS) is 21.9. The third kappa shape index (κ3) is 4.14. The van der Waals surface area contributed by atoms with Gasteiger partial charge >= 0.3 is 0 Å². The molecule has 2 aromatic carbocycles. The number of rotatable bonds is 5. The number of benzene rings is 2. The van der Waals surface area contributed by atoms with Gasteiger partial charge in [-0.05, 0) is 80.5 Å². The Morgan fingerprint density at radius 3 is 2.38 bits per heavy atom. The summed E-state index contributed by atoms with van der Waals surface area (Å²) >= 11 is 0. The van der Waals surface area contributed by atoms with E-state index >= 15 is 0 Å². The Kier molecular flexibility index (Phi) is 5.59. The molecule has 1 aliphatic carbocycles. The van der Waals surface area contributed by atoms with E-state index in [1.54, 1.807) is 6.33 Å². The Morgan fingerprint density at radius 1 is 0.892 bits per heavy atom. The molecule has 2 aromatic heterocycles. The van der Waals surface area contributed by atoms with Crippen molar-refractivity contribution in [2.24, 2.45) is 5.41 Å². The quantitative estimate of drug-likeness (QED) is 0.416. The molecule has 8 nitrogen and oxygen atoms in total. The van der Waals surface area contributed by atoms with Crippen LogP contribution in [0.2, 0.25) is 0 Å². The fourth-order valence-corrected chi connectivity index (χ4v) is 6.56. The van der Waals surface area contributed by atoms with Gasteiger partial charge in [0, 0.05) is 31.2 Å². The van der Waals surface area contributed by atoms with Gasteiger partial charge in [0.05, 0.1) is 11.4 Å². The van der Waals surface area contributed by atoms with Gasteiger partial charge in [-0.3, -0.25) is 4.90 Å². The van der Waals surface area contributed by atoms with E-state index in [1.165, 1.54) is 38.9 Å². The number of fused-ring (bicyclic) bond motifs is 1. The average Bonchev–Trinajstić information content (AvgIpc) is 3.58. The molecule has 1 atom stereocenters. The first kappa shape index (κ1) is 22.7. The van der Waals surface area contributed by atoms with Crippen LogP contribution in [-0.4, -0.2) is 56.9 Å². The Hall–Kier alpha value is -3.49. The SMILES string of the molecule is Nc1ncnc2c1c(-c1ccc(Oc3ccccc3)cc1)nn2C1CCC2(CC1)CN([C@@H]1CCNC1)C2. The van der Waals surface area contributed by atoms with Gasteiger partial charge in [-0.15, -0.1) is 0 Å². The lowest BCUT2D eigenvalue weighted by molar-refractivity contribution is -0.0577. The number of hydrogen-bond donors (Lipinski definition) is 2. The third-order valence-corrected chi connectivity index (χ3v) is 8.61. The maximum Gasteiger partial charge on any atom is 0.164 e. The molecule has 2 aliphatic heterocycles. The standard InChI is InChI=1S/C29H33N7O/c30-27-25-26(20-6-8-24(9-7-20)37-23-4-2-1-3-5-23)34-36(28(25)33-19-32-27)21-10-13-29(14-11-21)17-35(18-29)22-12-15-31-16-22/h1-9,19,21-22,31H,10-18H2,(H2,30,32,33)/t22-/m1/s1. The molecule has 7 rings (SSSR count). The molecule has 0 amide bonds. The molecule has 8 heteroatoms. The minimum absolute atomic E-state index is 0.332. The summed E-state index contributed by atoms with van der Waals surface area (Å²) < 4.78 is 8.10. The van der Waals surface area contributed by atoms with Crippen molar-refractivity contribution in [2.45, 2.75) is 44.2 Å². The number of ether oxygens (including phenoxy) is 1. The summed E-state index contributed by atoms with van der Waals surface area (Å²) in [5.74, 6) is 2.07. The Labute approximate surface area is 216 Å². The molecule has 1 spiro atoms. The number of nitrogens with zero attached hydrogens (tertiary/aromatic N) is 5. The summed E-state index contributed by atoms with van der Waals surface area (Å²) in [6.07, 6.45) is 7.59. The minimum atomic E-state index is 0.332. The molecule has 3 fully saturated rings. The number of para-hydroxylation sites is 1. The van der Waals surface area contributed by atoms with Gasteiger partial charge in [0.25, 0.3) is 0 Å². The first-order valence-corrected chi connectivity index (χ1v) is 13.4. The third-order valence-electron chi connectivity index (χ3n) is 8.61. The smallest absolute Gasteiger partial charge is 0.164 e. The van der Waals surface area contributed by atoms with Gasteiger partial charge in [0.1, 0.15) is 29.3 Å². The van der Waals surface area contributed by atoms with Gasteiger partial charge in [0.2, 0.25) is 0 Å². The Morgan fingerprint density at radius 2 is 1.65 bits per heavy atom. The molecule has 37 heavy (non-hydrogen) atoms. The van der Waals surface area contributed by atoms with E-state index in [-0.39, 0.29) is 0 Å². The lowest BCUT2D eigenvalue weighted by Crippen LogP contribution is -2.61. The van der Waals surface area contributed by atoms with Crippen LogP contribution in [0.15, 0.2) is 60.9 Å². The second-order valence-corrected chi connectivity index (χ2v) is 11.0. The van der Waals surface area contributed by atoms with Crippen LogP contribution in [-0.2, 0) is 0 Å². The van der Waals surface area contributed by atoms with Crippen LogP contribution in [0, 0.1) is 5.41 Å². The van der Waals surface area contributed by atoms with Crippen LogP contribution in [0.5, 0.6) is 11.5 Å². The number of anilines is 1. The largest absolute Gasteiger partial charge is 0.457 e. The van der Waals surface area contributed by atoms with Crippen molar-refractivity contribution in [3.63, 3.8) is 0 Å². The lowest BCUT2D eigenvalue weighted by Gasteiger charge is -2.55. The summed E-state index contributed by atoms with van der Waals surface area (Å²) in [5.41, 5.74) is 9.53. The fourth-order valence-electron chi connectivity index (χ4n) is 6.56. The molecule has 2 saturated heterocycles. The predicted molar refractivity (Wildman–Crippen MR) is 144 cm³/mol. The van der Waals surface area contributed by atoms with Crippen LogP contribution >= 0.6 is 0 Å². The van der Waals surface area contributed by atoms with E-state index in [1.807, 2.05) is 54.6 Å². The summed E-state index contributed by atoms with van der Waals surface area (Å²) in [5, 5.41) is 9.45. The Bertz CT molecular complexity index is 1380. The van der Waals surface area contributed by atoms with E-state index in [9.17, 15) is 0 Å². The maximum absolute atomic E-state index is 6.38. The number of likely N-dealkylation sites (tertiary alicyclic amines) is 1. The highest BCUT2D eigenvalue weighted by molar-refractivity contribution is 5.98. The monoisotopic (exact) mass is 495 g/mol. The summed E-state index contributed by atoms with van der Waals surface area (Å²) in [4.78, 5) is 11.6. The van der Waals surface area contributed by atoms with Crippen LogP contribution in [0.4, 0.5) is 5.82 Å². The summed E-state index contributed by atoms with van der Waals surface area (Å²) in [6.45, 7) is 4.83. The van der Waals surface area contributed by atoms with Crippen LogP contribution < -0.4 is 15.8 Å². The van der Waals surface area contributed by atoms with Crippen molar-refractivity contribution in [3.05, 3.63) is 60.9 Å². The molecule has 190 valence electrons. The first-order valence-electron chi connectivity index (χ1n) is 13.4. The van der Waals surface area contributed by atoms with Gasteiger partial charge in [-0.1, -0.05) is 18.2 Å². The number of hydrogen-bond acceptors (Lipinski definition) is 7. The highest BCUT2D eigenvalue weighted by atomic mass is 16.5. The first-order chi connectivity index (χ1) is 18.2.